The fourth-order valence-corrected chi connectivity index (χ4v) is 1.20. The third kappa shape index (κ3) is 2.48. The van der Waals surface area contributed by atoms with Crippen molar-refractivity contribution in [2.24, 2.45) is 0 Å². The molecule has 1 aromatic carbocycles. The highest BCUT2D eigenvalue weighted by molar-refractivity contribution is 6.28. The second kappa shape index (κ2) is 4.19. The van der Waals surface area contributed by atoms with Crippen LogP contribution in [0.3, 0.4) is 0 Å². The molecule has 7 heteroatoms. The van der Waals surface area contributed by atoms with Gasteiger partial charge in [0.05, 0.1) is 0 Å². The zero-order valence-corrected chi connectivity index (χ0v) is 8.72. The standard InChI is InChI=1S/C9H7ClN4O2/c10-7-12-8(11)14-9(13-7)16-6-3-1-2-5(15)4-6/h1-4,15H,(H2,11,12,13,14). The van der Waals surface area contributed by atoms with Crippen LogP contribution in [0.25, 0.3) is 0 Å². The van der Waals surface area contributed by atoms with E-state index in [0.29, 0.717) is 5.75 Å². The van der Waals surface area contributed by atoms with Crippen LogP contribution in [0, 0.1) is 0 Å². The maximum Gasteiger partial charge on any atom is 0.328 e. The van der Waals surface area contributed by atoms with Crippen LogP contribution in [-0.2, 0) is 0 Å². The SMILES string of the molecule is Nc1nc(Cl)nc(Oc2cccc(O)c2)n1. The minimum absolute atomic E-state index is 0.0249. The largest absolute Gasteiger partial charge is 0.508 e. The molecule has 2 aromatic rings. The van der Waals surface area contributed by atoms with Gasteiger partial charge in [0.1, 0.15) is 11.5 Å². The molecule has 0 spiro atoms. The van der Waals surface area contributed by atoms with Crippen molar-refractivity contribution in [2.75, 3.05) is 5.73 Å². The van der Waals surface area contributed by atoms with E-state index in [0.717, 1.165) is 0 Å². The van der Waals surface area contributed by atoms with Gasteiger partial charge in [0, 0.05) is 6.07 Å². The smallest absolute Gasteiger partial charge is 0.328 e. The molecule has 0 radical (unpaired) electrons. The van der Waals surface area contributed by atoms with Gasteiger partial charge in [-0.05, 0) is 23.7 Å². The number of aromatic hydroxyl groups is 1. The van der Waals surface area contributed by atoms with Crippen molar-refractivity contribution < 1.29 is 9.84 Å². The average Bonchev–Trinajstić information content (AvgIpc) is 2.15. The lowest BCUT2D eigenvalue weighted by Gasteiger charge is -2.04. The number of phenols is 1. The van der Waals surface area contributed by atoms with E-state index in [9.17, 15) is 5.11 Å². The van der Waals surface area contributed by atoms with Gasteiger partial charge in [-0.25, -0.2) is 0 Å². The molecule has 6 nitrogen and oxygen atoms in total. The number of ether oxygens (including phenoxy) is 1. The van der Waals surface area contributed by atoms with Crippen molar-refractivity contribution in [2.45, 2.75) is 0 Å². The second-order valence-corrected chi connectivity index (χ2v) is 3.18. The van der Waals surface area contributed by atoms with Gasteiger partial charge in [0.25, 0.3) is 0 Å². The van der Waals surface area contributed by atoms with Crippen molar-refractivity contribution in [1.82, 2.24) is 15.0 Å². The fraction of sp³-hybridized carbons (Fsp3) is 0. The zero-order valence-electron chi connectivity index (χ0n) is 7.96. The molecule has 1 aromatic heterocycles. The highest BCUT2D eigenvalue weighted by Gasteiger charge is 2.05. The maximum atomic E-state index is 9.22. The Morgan fingerprint density at radius 2 is 2.06 bits per heavy atom. The third-order valence-corrected chi connectivity index (χ3v) is 1.80. The van der Waals surface area contributed by atoms with Crippen molar-refractivity contribution in [1.29, 1.82) is 0 Å². The summed E-state index contributed by atoms with van der Waals surface area (Å²) in [6.45, 7) is 0. The molecule has 0 aliphatic heterocycles. The van der Waals surface area contributed by atoms with Crippen molar-refractivity contribution in [3.8, 4) is 17.5 Å². The van der Waals surface area contributed by atoms with E-state index in [-0.39, 0.29) is 23.0 Å². The van der Waals surface area contributed by atoms with Gasteiger partial charge < -0.3 is 15.6 Å². The van der Waals surface area contributed by atoms with Gasteiger partial charge >= 0.3 is 6.01 Å². The Morgan fingerprint density at radius 1 is 1.25 bits per heavy atom. The summed E-state index contributed by atoms with van der Waals surface area (Å²) in [5.41, 5.74) is 5.37. The van der Waals surface area contributed by atoms with Crippen molar-refractivity contribution in [3.63, 3.8) is 0 Å². The predicted molar refractivity (Wildman–Crippen MR) is 57.4 cm³/mol. The Hall–Kier alpha value is -2.08. The van der Waals surface area contributed by atoms with Gasteiger partial charge in [0.15, 0.2) is 0 Å². The summed E-state index contributed by atoms with van der Waals surface area (Å²) in [5.74, 6) is 0.419. The highest BCUT2D eigenvalue weighted by Crippen LogP contribution is 2.22. The minimum Gasteiger partial charge on any atom is -0.508 e. The Morgan fingerprint density at radius 3 is 2.75 bits per heavy atom. The lowest BCUT2D eigenvalue weighted by atomic mass is 10.3. The highest BCUT2D eigenvalue weighted by atomic mass is 35.5. The quantitative estimate of drug-likeness (QED) is 0.825. The van der Waals surface area contributed by atoms with Crippen LogP contribution in [0.5, 0.6) is 17.5 Å². The summed E-state index contributed by atoms with van der Waals surface area (Å²) in [5, 5.41) is 9.16. The van der Waals surface area contributed by atoms with Crippen LogP contribution in [0.2, 0.25) is 5.28 Å². The lowest BCUT2D eigenvalue weighted by Crippen LogP contribution is -2.00. The molecule has 0 unspecified atom stereocenters. The molecule has 3 N–H and O–H groups in total. The van der Waals surface area contributed by atoms with E-state index in [1.807, 2.05) is 0 Å². The first-order chi connectivity index (χ1) is 7.63. The summed E-state index contributed by atoms with van der Waals surface area (Å²) >= 11 is 5.58. The van der Waals surface area contributed by atoms with Crippen LogP contribution in [0.1, 0.15) is 0 Å². The summed E-state index contributed by atoms with van der Waals surface area (Å²) in [7, 11) is 0. The van der Waals surface area contributed by atoms with Gasteiger partial charge in [-0.3, -0.25) is 0 Å². The van der Waals surface area contributed by atoms with E-state index in [1.165, 1.54) is 12.1 Å². The molecule has 82 valence electrons. The average molecular weight is 239 g/mol. The number of nitrogens with zero attached hydrogens (tertiary/aromatic N) is 3. The van der Waals surface area contributed by atoms with Crippen LogP contribution >= 0.6 is 11.6 Å². The van der Waals surface area contributed by atoms with E-state index < -0.39 is 0 Å². The number of anilines is 1. The molecule has 0 atom stereocenters. The molecule has 16 heavy (non-hydrogen) atoms. The molecule has 0 bridgehead atoms. The summed E-state index contributed by atoms with van der Waals surface area (Å²) < 4.78 is 5.23. The first-order valence-electron chi connectivity index (χ1n) is 4.27. The normalized spacial score (nSPS) is 10.1. The van der Waals surface area contributed by atoms with E-state index in [2.05, 4.69) is 15.0 Å². The Balaban J connectivity index is 2.27. The second-order valence-electron chi connectivity index (χ2n) is 2.84. The molecule has 0 amide bonds. The number of benzene rings is 1. The number of nitrogen functional groups attached to an aromatic ring is 1. The van der Waals surface area contributed by atoms with E-state index in [4.69, 9.17) is 22.1 Å². The molecule has 0 aliphatic carbocycles. The number of halogens is 1. The minimum atomic E-state index is -0.0531. The molecule has 2 rings (SSSR count). The molecule has 0 saturated carbocycles. The number of rotatable bonds is 2. The molecule has 0 fully saturated rings. The van der Waals surface area contributed by atoms with Crippen molar-refractivity contribution >= 4 is 17.5 Å². The van der Waals surface area contributed by atoms with Crippen molar-refractivity contribution in [3.05, 3.63) is 29.5 Å². The molecule has 1 heterocycles. The number of nitrogens with two attached hydrogens (primary N) is 1. The van der Waals surface area contributed by atoms with Gasteiger partial charge in [0.2, 0.25) is 11.2 Å². The Kier molecular flexibility index (Phi) is 2.74. The summed E-state index contributed by atoms with van der Waals surface area (Å²) in [6.07, 6.45) is 0. The van der Waals surface area contributed by atoms with Crippen LogP contribution in [0.15, 0.2) is 24.3 Å². The predicted octanol–water partition coefficient (Wildman–Crippen LogP) is 1.61. The van der Waals surface area contributed by atoms with Gasteiger partial charge in [-0.15, -0.1) is 0 Å². The fourth-order valence-electron chi connectivity index (χ4n) is 1.04. The summed E-state index contributed by atoms with van der Waals surface area (Å²) in [4.78, 5) is 11.0. The van der Waals surface area contributed by atoms with Gasteiger partial charge in [-0.2, -0.15) is 15.0 Å². The Labute approximate surface area is 95.7 Å². The zero-order chi connectivity index (χ0) is 11.5. The molecule has 0 aliphatic rings. The molecular formula is C9H7ClN4O2. The topological polar surface area (TPSA) is 94.2 Å². The number of phenolic OH excluding ortho intramolecular Hbond substituents is 1. The summed E-state index contributed by atoms with van der Waals surface area (Å²) in [6, 6.07) is 6.16. The van der Waals surface area contributed by atoms with Crippen LogP contribution in [-0.4, -0.2) is 20.1 Å². The number of hydrogen-bond acceptors (Lipinski definition) is 6. The van der Waals surface area contributed by atoms with E-state index >= 15 is 0 Å². The monoisotopic (exact) mass is 238 g/mol. The van der Waals surface area contributed by atoms with E-state index in [1.54, 1.807) is 12.1 Å². The van der Waals surface area contributed by atoms with Crippen LogP contribution < -0.4 is 10.5 Å². The molecule has 0 saturated heterocycles. The first-order valence-corrected chi connectivity index (χ1v) is 4.65. The molecular weight excluding hydrogens is 232 g/mol. The third-order valence-electron chi connectivity index (χ3n) is 1.63. The lowest BCUT2D eigenvalue weighted by molar-refractivity contribution is 0.430. The number of hydrogen-bond donors (Lipinski definition) is 2. The van der Waals surface area contributed by atoms with Gasteiger partial charge in [-0.1, -0.05) is 6.07 Å². The Bertz CT molecular complexity index is 500. The number of aromatic nitrogens is 3. The maximum absolute atomic E-state index is 9.22. The first kappa shape index (κ1) is 10.4. The van der Waals surface area contributed by atoms with Crippen LogP contribution in [0.4, 0.5) is 5.95 Å².